The molecule has 0 radical (unpaired) electrons. The second-order valence-electron chi connectivity index (χ2n) is 0.0833. The summed E-state index contributed by atoms with van der Waals surface area (Å²) in [4.78, 5) is 0. The van der Waals surface area contributed by atoms with Crippen LogP contribution in [0.5, 0.6) is 0 Å². The molecule has 0 rings (SSSR count). The molecule has 30 valence electrons. The van der Waals surface area contributed by atoms with Crippen molar-refractivity contribution in [1.29, 1.82) is 0 Å². The molecule has 0 saturated heterocycles. The summed E-state index contributed by atoms with van der Waals surface area (Å²) in [5, 5.41) is 0. The fourth-order valence-corrected chi connectivity index (χ4v) is 0. The minimum atomic E-state index is -2.42. The first-order valence-electron chi connectivity index (χ1n) is 0.553. The maximum atomic E-state index is 8.57. The molecule has 0 atom stereocenters. The molecular formula is CeGdO3. The zero-order valence-electron chi connectivity index (χ0n) is 2.08. The summed E-state index contributed by atoms with van der Waals surface area (Å²) in [5.41, 5.74) is 0. The van der Waals surface area contributed by atoms with Gasteiger partial charge in [0.05, 0.1) is 0 Å². The van der Waals surface area contributed by atoms with E-state index in [2.05, 4.69) is 0 Å². The molecule has 0 N–H and O–H groups in total. The molecule has 0 amide bonds. The first-order valence-corrected chi connectivity index (χ1v) is 4.04. The molecule has 5 heteroatoms. The Morgan fingerprint density at radius 3 is 1.20 bits per heavy atom. The van der Waals surface area contributed by atoms with Gasteiger partial charge in [0, 0.05) is 0 Å². The fourth-order valence-electron chi connectivity index (χ4n) is 0. The first kappa shape index (κ1) is 10.2. The van der Waals surface area contributed by atoms with Gasteiger partial charge in [-0.05, 0) is 0 Å². The third-order valence-electron chi connectivity index (χ3n) is 0. The maximum absolute atomic E-state index is 8.57. The van der Waals surface area contributed by atoms with Gasteiger partial charge in [0.25, 0.3) is 0 Å². The van der Waals surface area contributed by atoms with Gasteiger partial charge in [-0.2, -0.15) is 0 Å². The molecule has 0 fully saturated rings. The van der Waals surface area contributed by atoms with Crippen LogP contribution < -0.4 is 0 Å². The van der Waals surface area contributed by atoms with Crippen molar-refractivity contribution in [3.63, 3.8) is 0 Å². The van der Waals surface area contributed by atoms with Crippen molar-refractivity contribution in [1.82, 2.24) is 0 Å². The van der Waals surface area contributed by atoms with E-state index in [4.69, 9.17) is 3.04 Å². The predicted molar refractivity (Wildman–Crippen MR) is 2.06 cm³/mol. The summed E-state index contributed by atoms with van der Waals surface area (Å²) in [6, 6.07) is 0. The number of hydrogen-bond acceptors (Lipinski definition) is 3. The topological polar surface area (TPSA) is 51.2 Å². The van der Waals surface area contributed by atoms with E-state index in [-0.39, 0.29) is 0 Å². The number of rotatable bonds is 0. The molecule has 0 aliphatic heterocycles. The van der Waals surface area contributed by atoms with E-state index in [0.717, 1.165) is 0 Å². The molecule has 3 nitrogen and oxygen atoms in total. The second-order valence-corrected chi connectivity index (χ2v) is 0.607. The second kappa shape index (κ2) is 16.5. The zero-order chi connectivity index (χ0) is 4.71. The van der Waals surface area contributed by atoms with Crippen LogP contribution in [-0.4, -0.2) is 0 Å². The Morgan fingerprint density at radius 1 is 1.20 bits per heavy atom. The van der Waals surface area contributed by atoms with Crippen LogP contribution in [0.4, 0.5) is 0 Å². The Balaban J connectivity index is 0. The van der Waals surface area contributed by atoms with Gasteiger partial charge in [-0.3, -0.25) is 0 Å². The molecule has 0 aromatic heterocycles. The van der Waals surface area contributed by atoms with Gasteiger partial charge >= 0.3 is 78.9 Å². The Bertz CT molecular complexity index is 36.2. The number of hydrogen-bond donors (Lipinski definition) is 0. The summed E-state index contributed by atoms with van der Waals surface area (Å²) in [7, 11) is 0. The van der Waals surface area contributed by atoms with Crippen LogP contribution in [0.2, 0.25) is 0 Å². The average Bonchev–Trinajstić information content (AvgIpc) is 1.46. The molecule has 0 unspecified atom stereocenters. The fraction of sp³-hybridized carbons (Fsp3) is 0. The first-order chi connectivity index (χ1) is 2.41. The van der Waals surface area contributed by atoms with Crippen molar-refractivity contribution >= 4 is 0 Å². The molecular weight excluding hydrogens is 345 g/mol. The Morgan fingerprint density at radius 2 is 1.20 bits per heavy atom. The minimum absolute atomic E-state index is 0.611. The van der Waals surface area contributed by atoms with E-state index in [0.29, 0.717) is 38.0 Å². The third-order valence-corrected chi connectivity index (χ3v) is 0. The molecule has 0 aliphatic carbocycles. The van der Waals surface area contributed by atoms with Crippen molar-refractivity contribution in [2.24, 2.45) is 0 Å². The quantitative estimate of drug-likeness (QED) is 0.603. The monoisotopic (exact) mass is 346 g/mol. The van der Waals surface area contributed by atoms with Crippen molar-refractivity contribution < 1.29 is 78.9 Å². The third kappa shape index (κ3) is 23.2. The molecule has 0 aromatic carbocycles. The molecule has 0 aliphatic rings. The van der Waals surface area contributed by atoms with E-state index in [1.165, 1.54) is 0 Å². The van der Waals surface area contributed by atoms with Crippen LogP contribution in [0, 0.1) is 75.8 Å². The van der Waals surface area contributed by atoms with Gasteiger partial charge in [-0.1, -0.05) is 0 Å². The van der Waals surface area contributed by atoms with Crippen LogP contribution in [-0.2, 0) is 3.04 Å². The SMILES string of the molecule is [O]=[Ce]=[O].[O]=[Gd]. The van der Waals surface area contributed by atoms with Gasteiger partial charge in [-0.15, -0.1) is 0 Å². The van der Waals surface area contributed by atoms with Crippen molar-refractivity contribution in [3.05, 3.63) is 0 Å². The van der Waals surface area contributed by atoms with E-state index < -0.39 is 37.8 Å². The summed E-state index contributed by atoms with van der Waals surface area (Å²) in [6.45, 7) is 0. The predicted octanol–water partition coefficient (Wildman–Crippen LogP) is -0.356. The Labute approximate surface area is 76.6 Å². The average molecular weight is 345 g/mol. The molecule has 0 aromatic rings. The van der Waals surface area contributed by atoms with Gasteiger partial charge in [0.15, 0.2) is 0 Å². The van der Waals surface area contributed by atoms with Crippen LogP contribution in [0.25, 0.3) is 0 Å². The van der Waals surface area contributed by atoms with Gasteiger partial charge < -0.3 is 0 Å². The van der Waals surface area contributed by atoms with E-state index in [1.54, 1.807) is 0 Å². The summed E-state index contributed by atoms with van der Waals surface area (Å²) < 4.78 is 25.4. The Kier molecular flexibility index (Phi) is 33.5. The van der Waals surface area contributed by atoms with Crippen LogP contribution >= 0.6 is 0 Å². The summed E-state index contributed by atoms with van der Waals surface area (Å²) in [5.74, 6) is 0. The molecule has 0 saturated carbocycles. The van der Waals surface area contributed by atoms with Crippen LogP contribution in [0.1, 0.15) is 0 Å². The van der Waals surface area contributed by atoms with Crippen LogP contribution in [0.15, 0.2) is 0 Å². The molecule has 5 heavy (non-hydrogen) atoms. The van der Waals surface area contributed by atoms with Crippen molar-refractivity contribution in [2.45, 2.75) is 0 Å². The van der Waals surface area contributed by atoms with E-state index in [9.17, 15) is 0 Å². The molecule has 0 bridgehead atoms. The van der Waals surface area contributed by atoms with Gasteiger partial charge in [0.1, 0.15) is 0 Å². The van der Waals surface area contributed by atoms with Crippen molar-refractivity contribution in [2.75, 3.05) is 0 Å². The van der Waals surface area contributed by atoms with Gasteiger partial charge in [-0.25, -0.2) is 0 Å². The van der Waals surface area contributed by atoms with Gasteiger partial charge in [0.2, 0.25) is 0 Å². The molecule has 0 spiro atoms. The van der Waals surface area contributed by atoms with Crippen LogP contribution in [0.3, 0.4) is 0 Å². The standard InChI is InChI=1S/Ce.Gd.3O. The summed E-state index contributed by atoms with van der Waals surface area (Å²) >= 11 is -1.81. The summed E-state index contributed by atoms with van der Waals surface area (Å²) in [6.07, 6.45) is 0. The Hall–Kier alpha value is 2.10. The normalized spacial score (nSPS) is 2.60. The van der Waals surface area contributed by atoms with Crippen molar-refractivity contribution in [3.8, 4) is 0 Å². The zero-order valence-corrected chi connectivity index (χ0v) is 7.49. The van der Waals surface area contributed by atoms with E-state index in [1.807, 2.05) is 0 Å². The van der Waals surface area contributed by atoms with E-state index >= 15 is 0 Å². The molecule has 0 heterocycles.